The summed E-state index contributed by atoms with van der Waals surface area (Å²) in [5, 5.41) is 11.5. The second kappa shape index (κ2) is 8.29. The van der Waals surface area contributed by atoms with E-state index in [9.17, 15) is 9.59 Å². The van der Waals surface area contributed by atoms with Crippen LogP contribution in [0.2, 0.25) is 0 Å². The molecule has 0 fully saturated rings. The third kappa shape index (κ3) is 6.29. The molecule has 5 nitrogen and oxygen atoms in total. The number of aryl methyl sites for hydroxylation is 1. The number of carboxylic acid groups (broad SMARTS) is 1. The minimum atomic E-state index is -0.926. The van der Waals surface area contributed by atoms with E-state index in [1.807, 2.05) is 38.1 Å². The zero-order valence-corrected chi connectivity index (χ0v) is 12.8. The van der Waals surface area contributed by atoms with Crippen LogP contribution in [-0.4, -0.2) is 29.6 Å². The highest BCUT2D eigenvalue weighted by molar-refractivity contribution is 5.78. The van der Waals surface area contributed by atoms with Gasteiger partial charge in [0.2, 0.25) is 0 Å². The Morgan fingerprint density at radius 1 is 1.24 bits per heavy atom. The zero-order valence-electron chi connectivity index (χ0n) is 12.8. The van der Waals surface area contributed by atoms with Crippen LogP contribution in [0.3, 0.4) is 0 Å². The van der Waals surface area contributed by atoms with Crippen LogP contribution in [-0.2, 0) is 16.0 Å². The fourth-order valence-corrected chi connectivity index (χ4v) is 1.86. The molecule has 0 bridgehead atoms. The van der Waals surface area contributed by atoms with Crippen molar-refractivity contribution in [2.24, 2.45) is 5.92 Å². The lowest BCUT2D eigenvalue weighted by molar-refractivity contribution is -0.138. The molecule has 0 saturated carbocycles. The Morgan fingerprint density at radius 2 is 1.86 bits per heavy atom. The number of hydrogen-bond donors (Lipinski definition) is 2. The van der Waals surface area contributed by atoms with Gasteiger partial charge in [0.25, 0.3) is 5.91 Å². The molecule has 21 heavy (non-hydrogen) atoms. The van der Waals surface area contributed by atoms with Crippen molar-refractivity contribution in [2.75, 3.05) is 6.61 Å². The molecular formula is C16H23NO4. The van der Waals surface area contributed by atoms with Crippen LogP contribution in [0.5, 0.6) is 5.75 Å². The molecule has 1 aromatic rings. The maximum Gasteiger partial charge on any atom is 0.305 e. The van der Waals surface area contributed by atoms with Crippen molar-refractivity contribution in [3.05, 3.63) is 29.8 Å². The summed E-state index contributed by atoms with van der Waals surface area (Å²) in [5.41, 5.74) is 1.20. The Morgan fingerprint density at radius 3 is 2.33 bits per heavy atom. The maximum absolute atomic E-state index is 11.8. The predicted octanol–water partition coefficient (Wildman–Crippen LogP) is 2.24. The molecular weight excluding hydrogens is 270 g/mol. The first-order valence-electron chi connectivity index (χ1n) is 7.15. The van der Waals surface area contributed by atoms with Crippen LogP contribution in [0.15, 0.2) is 24.3 Å². The number of carboxylic acids is 1. The van der Waals surface area contributed by atoms with Gasteiger partial charge in [-0.2, -0.15) is 0 Å². The Bertz CT molecular complexity index is 468. The van der Waals surface area contributed by atoms with Crippen molar-refractivity contribution in [3.63, 3.8) is 0 Å². The first kappa shape index (κ1) is 17.0. The van der Waals surface area contributed by atoms with E-state index in [-0.39, 0.29) is 30.9 Å². The van der Waals surface area contributed by atoms with Gasteiger partial charge in [-0.25, -0.2) is 0 Å². The SMILES string of the molecule is CCc1ccc(OCC(=O)NC(CC(=O)O)C(C)C)cc1. The van der Waals surface area contributed by atoms with Crippen molar-refractivity contribution >= 4 is 11.9 Å². The van der Waals surface area contributed by atoms with Crippen LogP contribution < -0.4 is 10.1 Å². The van der Waals surface area contributed by atoms with Gasteiger partial charge < -0.3 is 15.2 Å². The number of carbonyl (C=O) groups excluding carboxylic acids is 1. The first-order valence-corrected chi connectivity index (χ1v) is 7.15. The largest absolute Gasteiger partial charge is 0.484 e. The quantitative estimate of drug-likeness (QED) is 0.770. The average molecular weight is 293 g/mol. The number of carbonyl (C=O) groups is 2. The van der Waals surface area contributed by atoms with Crippen LogP contribution in [0.4, 0.5) is 0 Å². The highest BCUT2D eigenvalue weighted by Crippen LogP contribution is 2.12. The molecule has 1 aromatic carbocycles. The topological polar surface area (TPSA) is 75.6 Å². The normalized spacial score (nSPS) is 12.0. The number of amides is 1. The van der Waals surface area contributed by atoms with Crippen molar-refractivity contribution in [3.8, 4) is 5.75 Å². The van der Waals surface area contributed by atoms with Gasteiger partial charge in [0.05, 0.1) is 6.42 Å². The molecule has 5 heteroatoms. The van der Waals surface area contributed by atoms with Gasteiger partial charge >= 0.3 is 5.97 Å². The van der Waals surface area contributed by atoms with E-state index in [1.165, 1.54) is 5.56 Å². The number of ether oxygens (including phenoxy) is 1. The molecule has 1 atom stereocenters. The summed E-state index contributed by atoms with van der Waals surface area (Å²) >= 11 is 0. The van der Waals surface area contributed by atoms with Gasteiger partial charge in [-0.1, -0.05) is 32.9 Å². The lowest BCUT2D eigenvalue weighted by Crippen LogP contribution is -2.42. The van der Waals surface area contributed by atoms with Gasteiger partial charge in [0.15, 0.2) is 6.61 Å². The number of hydrogen-bond acceptors (Lipinski definition) is 3. The summed E-state index contributed by atoms with van der Waals surface area (Å²) in [7, 11) is 0. The Labute approximate surface area is 125 Å². The van der Waals surface area contributed by atoms with Crippen molar-refractivity contribution in [1.82, 2.24) is 5.32 Å². The summed E-state index contributed by atoms with van der Waals surface area (Å²) in [4.78, 5) is 22.6. The van der Waals surface area contributed by atoms with E-state index in [0.717, 1.165) is 6.42 Å². The smallest absolute Gasteiger partial charge is 0.305 e. The molecule has 0 saturated heterocycles. The van der Waals surface area contributed by atoms with Crippen LogP contribution >= 0.6 is 0 Å². The monoisotopic (exact) mass is 293 g/mol. The lowest BCUT2D eigenvalue weighted by atomic mass is 10.0. The molecule has 0 aliphatic heterocycles. The van der Waals surface area contributed by atoms with E-state index < -0.39 is 5.97 Å². The number of aliphatic carboxylic acids is 1. The van der Waals surface area contributed by atoms with E-state index in [0.29, 0.717) is 5.75 Å². The highest BCUT2D eigenvalue weighted by Gasteiger charge is 2.19. The van der Waals surface area contributed by atoms with E-state index in [2.05, 4.69) is 12.2 Å². The standard InChI is InChI=1S/C16H23NO4/c1-4-12-5-7-13(8-6-12)21-10-15(18)17-14(11(2)3)9-16(19)20/h5-8,11,14H,4,9-10H2,1-3H3,(H,17,18)(H,19,20). The minimum Gasteiger partial charge on any atom is -0.484 e. The molecule has 1 amide bonds. The van der Waals surface area contributed by atoms with Crippen molar-refractivity contribution in [1.29, 1.82) is 0 Å². The molecule has 0 aliphatic rings. The number of benzene rings is 1. The Kier molecular flexibility index (Phi) is 6.72. The molecule has 0 aromatic heterocycles. The molecule has 0 aliphatic carbocycles. The molecule has 0 radical (unpaired) electrons. The first-order chi connectivity index (χ1) is 9.92. The van der Waals surface area contributed by atoms with E-state index >= 15 is 0 Å². The second-order valence-electron chi connectivity index (χ2n) is 5.30. The molecule has 2 N–H and O–H groups in total. The van der Waals surface area contributed by atoms with Crippen molar-refractivity contribution in [2.45, 2.75) is 39.7 Å². The summed E-state index contributed by atoms with van der Waals surface area (Å²) in [6.45, 7) is 5.70. The van der Waals surface area contributed by atoms with E-state index in [1.54, 1.807) is 0 Å². The van der Waals surface area contributed by atoms with Gasteiger partial charge in [-0.15, -0.1) is 0 Å². The summed E-state index contributed by atoms with van der Waals surface area (Å²) < 4.78 is 5.39. The Balaban J connectivity index is 2.46. The summed E-state index contributed by atoms with van der Waals surface area (Å²) in [6.07, 6.45) is 0.862. The zero-order chi connectivity index (χ0) is 15.8. The Hall–Kier alpha value is -2.04. The lowest BCUT2D eigenvalue weighted by Gasteiger charge is -2.20. The maximum atomic E-state index is 11.8. The number of rotatable bonds is 8. The average Bonchev–Trinajstić information content (AvgIpc) is 2.44. The van der Waals surface area contributed by atoms with Crippen LogP contribution in [0, 0.1) is 5.92 Å². The summed E-state index contributed by atoms with van der Waals surface area (Å²) in [6, 6.07) is 7.16. The summed E-state index contributed by atoms with van der Waals surface area (Å²) in [5.74, 6) is -0.560. The predicted molar refractivity (Wildman–Crippen MR) is 80.3 cm³/mol. The molecule has 0 heterocycles. The molecule has 1 unspecified atom stereocenters. The van der Waals surface area contributed by atoms with Gasteiger partial charge in [0.1, 0.15) is 5.75 Å². The fraction of sp³-hybridized carbons (Fsp3) is 0.500. The van der Waals surface area contributed by atoms with Gasteiger partial charge in [-0.05, 0) is 30.0 Å². The number of nitrogens with one attached hydrogen (secondary N) is 1. The van der Waals surface area contributed by atoms with Gasteiger partial charge in [-0.3, -0.25) is 9.59 Å². The van der Waals surface area contributed by atoms with Crippen LogP contribution in [0.25, 0.3) is 0 Å². The molecule has 1 rings (SSSR count). The van der Waals surface area contributed by atoms with Crippen molar-refractivity contribution < 1.29 is 19.4 Å². The van der Waals surface area contributed by atoms with E-state index in [4.69, 9.17) is 9.84 Å². The fourth-order valence-electron chi connectivity index (χ4n) is 1.86. The minimum absolute atomic E-state index is 0.0499. The van der Waals surface area contributed by atoms with Crippen LogP contribution in [0.1, 0.15) is 32.8 Å². The second-order valence-corrected chi connectivity index (χ2v) is 5.30. The molecule has 0 spiro atoms. The van der Waals surface area contributed by atoms with Gasteiger partial charge in [0, 0.05) is 6.04 Å². The molecule has 116 valence electrons. The highest BCUT2D eigenvalue weighted by atomic mass is 16.5. The third-order valence-corrected chi connectivity index (χ3v) is 3.25. The third-order valence-electron chi connectivity index (χ3n) is 3.25.